The van der Waals surface area contributed by atoms with Crippen molar-refractivity contribution in [3.63, 3.8) is 0 Å². The molecule has 0 saturated carbocycles. The molecule has 230 valence electrons. The number of likely N-dealkylation sites (tertiary alicyclic amines) is 1. The molecule has 4 atom stereocenters. The van der Waals surface area contributed by atoms with E-state index in [-0.39, 0.29) is 35.6 Å². The summed E-state index contributed by atoms with van der Waals surface area (Å²) >= 11 is 0. The SMILES string of the molecule is CCC.CCC(C=O)CCCC(N)CF.CN1CCC(c2ccccc2)C1C(=O)Nc1ccc2oc(C(=O)O)cc2c1. The summed E-state index contributed by atoms with van der Waals surface area (Å²) < 4.78 is 17.1. The first-order valence-corrected chi connectivity index (χ1v) is 14.8. The van der Waals surface area contributed by atoms with E-state index < -0.39 is 12.6 Å². The molecule has 0 spiro atoms. The van der Waals surface area contributed by atoms with Gasteiger partial charge >= 0.3 is 5.97 Å². The Kier molecular flexibility index (Phi) is 14.9. The number of nitrogens with zero attached hydrogens (tertiary/aromatic N) is 1. The average molecular weight is 584 g/mol. The average Bonchev–Trinajstić information content (AvgIpc) is 3.60. The summed E-state index contributed by atoms with van der Waals surface area (Å²) in [6.45, 7) is 6.63. The van der Waals surface area contributed by atoms with Gasteiger partial charge in [-0.1, -0.05) is 63.9 Å². The highest BCUT2D eigenvalue weighted by Gasteiger charge is 2.38. The second-order valence-corrected chi connectivity index (χ2v) is 10.7. The lowest BCUT2D eigenvalue weighted by molar-refractivity contribution is -0.120. The Morgan fingerprint density at radius 2 is 1.83 bits per heavy atom. The summed E-state index contributed by atoms with van der Waals surface area (Å²) in [4.78, 5) is 36.5. The fraction of sp³-hybridized carbons (Fsp3) is 0.485. The number of alkyl halides is 1. The monoisotopic (exact) mass is 583 g/mol. The van der Waals surface area contributed by atoms with Crippen LogP contribution >= 0.6 is 0 Å². The number of aromatic carboxylic acids is 1. The Balaban J connectivity index is 0.000000347. The first-order valence-electron chi connectivity index (χ1n) is 14.8. The van der Waals surface area contributed by atoms with Crippen LogP contribution in [0.25, 0.3) is 11.0 Å². The number of furan rings is 1. The molecular weight excluding hydrogens is 537 g/mol. The standard InChI is InChI=1S/C21H20N2O4.C9H18FNO.C3H8/c1-23-10-9-16(13-5-3-2-4-6-13)19(23)20(24)22-15-7-8-17-14(11-15)12-18(27-17)21(25)26;1-2-8(7-12)4-3-5-9(11)6-10;1-3-2/h2-8,11-12,16,19H,9-10H2,1H3,(H,22,24)(H,25,26);7-9H,2-6,11H2,1H3;3H2,1-2H3. The molecule has 8 nitrogen and oxygen atoms in total. The van der Waals surface area contributed by atoms with Gasteiger partial charge in [0.2, 0.25) is 11.7 Å². The number of anilines is 1. The largest absolute Gasteiger partial charge is 0.475 e. The molecule has 1 fully saturated rings. The van der Waals surface area contributed by atoms with E-state index in [2.05, 4.69) is 36.2 Å². The summed E-state index contributed by atoms with van der Waals surface area (Å²) in [7, 11) is 1.96. The van der Waals surface area contributed by atoms with Crippen LogP contribution in [0.4, 0.5) is 10.1 Å². The number of carbonyl (C=O) groups is 3. The van der Waals surface area contributed by atoms with Gasteiger partial charge in [0.1, 0.15) is 18.5 Å². The van der Waals surface area contributed by atoms with Crippen LogP contribution < -0.4 is 11.1 Å². The Hall–Kier alpha value is -3.56. The molecule has 1 aliphatic heterocycles. The molecular formula is C33H46FN3O5. The first kappa shape index (κ1) is 34.6. The molecule has 4 N–H and O–H groups in total. The van der Waals surface area contributed by atoms with Crippen molar-refractivity contribution in [3.05, 3.63) is 65.9 Å². The molecule has 2 aromatic carbocycles. The second kappa shape index (κ2) is 18.1. The Labute approximate surface area is 248 Å². The lowest BCUT2D eigenvalue weighted by Gasteiger charge is -2.24. The molecule has 0 radical (unpaired) electrons. The number of carbonyl (C=O) groups excluding carboxylic acids is 2. The summed E-state index contributed by atoms with van der Waals surface area (Å²) in [6.07, 6.45) is 6.40. The second-order valence-electron chi connectivity index (χ2n) is 10.7. The molecule has 9 heteroatoms. The molecule has 1 aliphatic rings. The molecule has 3 aromatic rings. The van der Waals surface area contributed by atoms with Crippen LogP contribution in [0.1, 0.15) is 81.3 Å². The van der Waals surface area contributed by atoms with Gasteiger partial charge < -0.3 is 25.4 Å². The highest BCUT2D eigenvalue weighted by Crippen LogP contribution is 2.33. The number of hydrogen-bond donors (Lipinski definition) is 3. The lowest BCUT2D eigenvalue weighted by Crippen LogP contribution is -2.40. The quantitative estimate of drug-likeness (QED) is 0.216. The van der Waals surface area contributed by atoms with Gasteiger partial charge in [-0.05, 0) is 69.1 Å². The maximum absolute atomic E-state index is 13.0. The molecule has 0 bridgehead atoms. The molecule has 4 rings (SSSR count). The summed E-state index contributed by atoms with van der Waals surface area (Å²) in [5.74, 6) is -1.02. The Morgan fingerprint density at radius 3 is 2.43 bits per heavy atom. The van der Waals surface area contributed by atoms with E-state index >= 15 is 0 Å². The molecule has 0 aliphatic carbocycles. The van der Waals surface area contributed by atoms with E-state index in [1.54, 1.807) is 18.2 Å². The smallest absolute Gasteiger partial charge is 0.371 e. The zero-order valence-electron chi connectivity index (χ0n) is 25.2. The van der Waals surface area contributed by atoms with E-state index in [0.29, 0.717) is 23.1 Å². The zero-order chi connectivity index (χ0) is 31.1. The van der Waals surface area contributed by atoms with Crippen LogP contribution in [0.5, 0.6) is 0 Å². The number of nitrogens with one attached hydrogen (secondary N) is 1. The number of halogens is 1. The number of fused-ring (bicyclic) bond motifs is 1. The third-order valence-corrected chi connectivity index (χ3v) is 7.20. The van der Waals surface area contributed by atoms with Gasteiger partial charge in [0.05, 0.1) is 6.04 Å². The molecule has 4 unspecified atom stereocenters. The number of carboxylic acids is 1. The molecule has 42 heavy (non-hydrogen) atoms. The van der Waals surface area contributed by atoms with Crippen LogP contribution in [-0.2, 0) is 9.59 Å². The predicted molar refractivity (Wildman–Crippen MR) is 166 cm³/mol. The minimum atomic E-state index is -1.12. The van der Waals surface area contributed by atoms with Crippen LogP contribution in [-0.4, -0.2) is 60.5 Å². The van der Waals surface area contributed by atoms with Crippen LogP contribution in [0, 0.1) is 5.92 Å². The number of aldehydes is 1. The van der Waals surface area contributed by atoms with Crippen molar-refractivity contribution >= 4 is 34.8 Å². The number of rotatable bonds is 11. The Morgan fingerprint density at radius 1 is 1.14 bits per heavy atom. The normalized spacial score (nSPS) is 17.8. The maximum Gasteiger partial charge on any atom is 0.371 e. The van der Waals surface area contributed by atoms with Crippen LogP contribution in [0.3, 0.4) is 0 Å². The van der Waals surface area contributed by atoms with Gasteiger partial charge in [-0.15, -0.1) is 0 Å². The van der Waals surface area contributed by atoms with E-state index in [4.69, 9.17) is 15.3 Å². The van der Waals surface area contributed by atoms with Gasteiger partial charge in [0.25, 0.3) is 0 Å². The van der Waals surface area contributed by atoms with Crippen molar-refractivity contribution in [1.82, 2.24) is 4.90 Å². The van der Waals surface area contributed by atoms with Gasteiger partial charge in [-0.2, -0.15) is 0 Å². The van der Waals surface area contributed by atoms with Crippen molar-refractivity contribution in [3.8, 4) is 0 Å². The topological polar surface area (TPSA) is 126 Å². The molecule has 1 amide bonds. The van der Waals surface area contributed by atoms with Crippen molar-refractivity contribution < 1.29 is 28.3 Å². The number of benzene rings is 2. The molecule has 1 saturated heterocycles. The minimum absolute atomic E-state index is 0.0647. The minimum Gasteiger partial charge on any atom is -0.475 e. The molecule has 2 heterocycles. The fourth-order valence-electron chi connectivity index (χ4n) is 4.91. The predicted octanol–water partition coefficient (Wildman–Crippen LogP) is 6.65. The highest BCUT2D eigenvalue weighted by molar-refractivity contribution is 5.98. The van der Waals surface area contributed by atoms with Crippen molar-refractivity contribution in [1.29, 1.82) is 0 Å². The zero-order valence-corrected chi connectivity index (χ0v) is 25.2. The number of likely N-dealkylation sites (N-methyl/N-ethyl adjacent to an activating group) is 1. The number of amides is 1. The number of hydrogen-bond acceptors (Lipinski definition) is 6. The Bertz CT molecular complexity index is 1250. The number of carboxylic acid groups (broad SMARTS) is 1. The maximum atomic E-state index is 13.0. The third kappa shape index (κ3) is 10.4. The van der Waals surface area contributed by atoms with Crippen molar-refractivity contribution in [2.24, 2.45) is 11.7 Å². The summed E-state index contributed by atoms with van der Waals surface area (Å²) in [6, 6.07) is 16.1. The third-order valence-electron chi connectivity index (χ3n) is 7.20. The van der Waals surface area contributed by atoms with Gasteiger partial charge in [-0.3, -0.25) is 9.69 Å². The lowest BCUT2D eigenvalue weighted by atomic mass is 9.91. The molecule has 1 aromatic heterocycles. The summed E-state index contributed by atoms with van der Waals surface area (Å²) in [5, 5.41) is 12.7. The van der Waals surface area contributed by atoms with Crippen molar-refractivity contribution in [2.45, 2.75) is 77.3 Å². The van der Waals surface area contributed by atoms with Crippen LogP contribution in [0.15, 0.2) is 59.0 Å². The van der Waals surface area contributed by atoms with E-state index in [1.807, 2.05) is 32.2 Å². The van der Waals surface area contributed by atoms with Gasteiger partial charge in [0.15, 0.2) is 0 Å². The van der Waals surface area contributed by atoms with Crippen molar-refractivity contribution in [2.75, 3.05) is 25.6 Å². The highest BCUT2D eigenvalue weighted by atomic mass is 19.1. The number of nitrogens with two attached hydrogens (primary N) is 1. The summed E-state index contributed by atoms with van der Waals surface area (Å²) in [5.41, 5.74) is 7.64. The van der Waals surface area contributed by atoms with E-state index in [1.165, 1.54) is 18.1 Å². The van der Waals surface area contributed by atoms with Gasteiger partial charge in [-0.25, -0.2) is 9.18 Å². The van der Waals surface area contributed by atoms with E-state index in [0.717, 1.165) is 38.5 Å². The first-order chi connectivity index (χ1) is 20.2. The van der Waals surface area contributed by atoms with Crippen LogP contribution in [0.2, 0.25) is 0 Å². The fourth-order valence-corrected chi connectivity index (χ4v) is 4.91. The van der Waals surface area contributed by atoms with E-state index in [9.17, 15) is 18.8 Å². The van der Waals surface area contributed by atoms with Gasteiger partial charge in [0, 0.05) is 29.0 Å².